The number of carboxylic acid groups (broad SMARTS) is 1. The molecule has 0 saturated carbocycles. The van der Waals surface area contributed by atoms with Gasteiger partial charge in [-0.25, -0.2) is 9.78 Å². The van der Waals surface area contributed by atoms with Crippen molar-refractivity contribution in [1.29, 1.82) is 0 Å². The van der Waals surface area contributed by atoms with E-state index in [2.05, 4.69) is 9.97 Å². The SMILES string of the molecule is CSc1cc(C(=O)O)c2nc[nH]c2c1. The number of aromatic amines is 1. The standard InChI is InChI=1S/C9H8N2O2S/c1-14-5-2-6(9(12)13)8-7(3-5)10-4-11-8/h2-4H,1H3,(H,10,11)(H,12,13). The molecule has 2 aromatic rings. The van der Waals surface area contributed by atoms with Gasteiger partial charge in [0.25, 0.3) is 0 Å². The van der Waals surface area contributed by atoms with Crippen molar-refractivity contribution in [1.82, 2.24) is 9.97 Å². The van der Waals surface area contributed by atoms with E-state index in [1.165, 1.54) is 18.1 Å². The Bertz CT molecular complexity index is 493. The molecular weight excluding hydrogens is 200 g/mol. The third-order valence-electron chi connectivity index (χ3n) is 1.96. The van der Waals surface area contributed by atoms with Crippen LogP contribution in [0.4, 0.5) is 0 Å². The number of imidazole rings is 1. The number of aromatic carboxylic acids is 1. The molecule has 1 aromatic carbocycles. The number of aromatic nitrogens is 2. The van der Waals surface area contributed by atoms with E-state index >= 15 is 0 Å². The molecule has 0 unspecified atom stereocenters. The molecule has 0 aliphatic heterocycles. The second-order valence-corrected chi connectivity index (χ2v) is 3.66. The number of nitrogens with one attached hydrogen (secondary N) is 1. The van der Waals surface area contributed by atoms with Crippen LogP contribution in [0.25, 0.3) is 11.0 Å². The zero-order chi connectivity index (χ0) is 10.1. The summed E-state index contributed by atoms with van der Waals surface area (Å²) in [4.78, 5) is 18.7. The lowest BCUT2D eigenvalue weighted by molar-refractivity contribution is 0.0698. The quantitative estimate of drug-likeness (QED) is 0.740. The minimum absolute atomic E-state index is 0.244. The van der Waals surface area contributed by atoms with E-state index in [-0.39, 0.29) is 5.56 Å². The largest absolute Gasteiger partial charge is 0.478 e. The van der Waals surface area contributed by atoms with E-state index in [9.17, 15) is 4.79 Å². The molecule has 0 bridgehead atoms. The molecule has 0 aliphatic rings. The van der Waals surface area contributed by atoms with Crippen LogP contribution in [0.1, 0.15) is 10.4 Å². The highest BCUT2D eigenvalue weighted by atomic mass is 32.2. The van der Waals surface area contributed by atoms with Gasteiger partial charge in [0, 0.05) is 4.90 Å². The zero-order valence-electron chi connectivity index (χ0n) is 7.44. The fourth-order valence-electron chi connectivity index (χ4n) is 1.30. The Labute approximate surface area is 84.4 Å². The normalized spacial score (nSPS) is 10.6. The highest BCUT2D eigenvalue weighted by Gasteiger charge is 2.11. The second-order valence-electron chi connectivity index (χ2n) is 2.78. The number of hydrogen-bond acceptors (Lipinski definition) is 3. The van der Waals surface area contributed by atoms with E-state index in [1.807, 2.05) is 12.3 Å². The number of hydrogen-bond donors (Lipinski definition) is 2. The van der Waals surface area contributed by atoms with Crippen LogP contribution >= 0.6 is 11.8 Å². The van der Waals surface area contributed by atoms with Gasteiger partial charge in [-0.3, -0.25) is 0 Å². The molecule has 5 heteroatoms. The fraction of sp³-hybridized carbons (Fsp3) is 0.111. The maximum Gasteiger partial charge on any atom is 0.338 e. The minimum Gasteiger partial charge on any atom is -0.478 e. The Balaban J connectivity index is 2.76. The first kappa shape index (κ1) is 9.08. The summed E-state index contributed by atoms with van der Waals surface area (Å²) >= 11 is 1.51. The second kappa shape index (κ2) is 3.34. The topological polar surface area (TPSA) is 66.0 Å². The lowest BCUT2D eigenvalue weighted by Gasteiger charge is -2.00. The number of carboxylic acids is 1. The average Bonchev–Trinajstić information content (AvgIpc) is 2.63. The highest BCUT2D eigenvalue weighted by molar-refractivity contribution is 7.98. The van der Waals surface area contributed by atoms with Crippen LogP contribution in [0.2, 0.25) is 0 Å². The fourth-order valence-corrected chi connectivity index (χ4v) is 1.78. The number of nitrogens with zero attached hydrogens (tertiary/aromatic N) is 1. The van der Waals surface area contributed by atoms with Gasteiger partial charge in [-0.15, -0.1) is 11.8 Å². The number of H-pyrrole nitrogens is 1. The molecule has 0 radical (unpaired) electrons. The van der Waals surface area contributed by atoms with E-state index in [0.717, 1.165) is 10.4 Å². The van der Waals surface area contributed by atoms with Gasteiger partial charge in [-0.05, 0) is 18.4 Å². The summed E-state index contributed by atoms with van der Waals surface area (Å²) in [5.74, 6) is -0.946. The summed E-state index contributed by atoms with van der Waals surface area (Å²) in [5.41, 5.74) is 1.51. The number of fused-ring (bicyclic) bond motifs is 1. The maximum atomic E-state index is 10.9. The van der Waals surface area contributed by atoms with Crippen molar-refractivity contribution >= 4 is 28.8 Å². The Morgan fingerprint density at radius 1 is 1.57 bits per heavy atom. The van der Waals surface area contributed by atoms with E-state index < -0.39 is 5.97 Å². The molecular formula is C9H8N2O2S. The van der Waals surface area contributed by atoms with E-state index in [1.54, 1.807) is 6.07 Å². The molecule has 72 valence electrons. The van der Waals surface area contributed by atoms with Gasteiger partial charge in [0.05, 0.1) is 17.4 Å². The Morgan fingerprint density at radius 3 is 3.00 bits per heavy atom. The molecule has 0 spiro atoms. The minimum atomic E-state index is -0.946. The lowest BCUT2D eigenvalue weighted by Crippen LogP contribution is -1.97. The Kier molecular flexibility index (Phi) is 2.17. The average molecular weight is 208 g/mol. The number of rotatable bonds is 2. The summed E-state index contributed by atoms with van der Waals surface area (Å²) in [7, 11) is 0. The van der Waals surface area contributed by atoms with Gasteiger partial charge in [-0.2, -0.15) is 0 Å². The zero-order valence-corrected chi connectivity index (χ0v) is 8.26. The van der Waals surface area contributed by atoms with E-state index in [4.69, 9.17) is 5.11 Å². The van der Waals surface area contributed by atoms with Crippen LogP contribution in [0.3, 0.4) is 0 Å². The molecule has 14 heavy (non-hydrogen) atoms. The third kappa shape index (κ3) is 1.35. The molecule has 0 atom stereocenters. The van der Waals surface area contributed by atoms with Gasteiger partial charge in [0.2, 0.25) is 0 Å². The first-order valence-corrected chi connectivity index (χ1v) is 5.19. The van der Waals surface area contributed by atoms with Crippen LogP contribution in [0, 0.1) is 0 Å². The first-order valence-electron chi connectivity index (χ1n) is 3.97. The van der Waals surface area contributed by atoms with Gasteiger partial charge >= 0.3 is 5.97 Å². The van der Waals surface area contributed by atoms with Crippen LogP contribution in [0.15, 0.2) is 23.4 Å². The van der Waals surface area contributed by atoms with Crippen molar-refractivity contribution in [3.8, 4) is 0 Å². The van der Waals surface area contributed by atoms with Gasteiger partial charge in [-0.1, -0.05) is 0 Å². The number of carbonyl (C=O) groups is 1. The smallest absolute Gasteiger partial charge is 0.338 e. The van der Waals surface area contributed by atoms with Crippen LogP contribution in [-0.2, 0) is 0 Å². The summed E-state index contributed by atoms with van der Waals surface area (Å²) in [5, 5.41) is 8.96. The monoisotopic (exact) mass is 208 g/mol. The first-order chi connectivity index (χ1) is 6.72. The van der Waals surface area contributed by atoms with E-state index in [0.29, 0.717) is 5.52 Å². The molecule has 0 saturated heterocycles. The molecule has 2 rings (SSSR count). The van der Waals surface area contributed by atoms with Crippen LogP contribution in [-0.4, -0.2) is 27.3 Å². The van der Waals surface area contributed by atoms with Gasteiger partial charge in [0.15, 0.2) is 0 Å². The molecule has 0 fully saturated rings. The Hall–Kier alpha value is -1.49. The summed E-state index contributed by atoms with van der Waals surface area (Å²) in [6, 6.07) is 3.52. The molecule has 0 amide bonds. The summed E-state index contributed by atoms with van der Waals surface area (Å²) in [6.45, 7) is 0. The van der Waals surface area contributed by atoms with Gasteiger partial charge in [0.1, 0.15) is 5.52 Å². The van der Waals surface area contributed by atoms with Crippen molar-refractivity contribution < 1.29 is 9.90 Å². The number of thioether (sulfide) groups is 1. The lowest BCUT2D eigenvalue weighted by atomic mass is 10.2. The number of benzene rings is 1. The van der Waals surface area contributed by atoms with Crippen LogP contribution < -0.4 is 0 Å². The predicted octanol–water partition coefficient (Wildman–Crippen LogP) is 1.98. The van der Waals surface area contributed by atoms with Crippen molar-refractivity contribution in [2.24, 2.45) is 0 Å². The van der Waals surface area contributed by atoms with Crippen molar-refractivity contribution in [2.75, 3.05) is 6.26 Å². The van der Waals surface area contributed by atoms with Gasteiger partial charge < -0.3 is 10.1 Å². The van der Waals surface area contributed by atoms with Crippen LogP contribution in [0.5, 0.6) is 0 Å². The van der Waals surface area contributed by atoms with Crippen molar-refractivity contribution in [3.05, 3.63) is 24.0 Å². The molecule has 2 N–H and O–H groups in total. The molecule has 0 aliphatic carbocycles. The molecule has 4 nitrogen and oxygen atoms in total. The maximum absolute atomic E-state index is 10.9. The highest BCUT2D eigenvalue weighted by Crippen LogP contribution is 2.23. The summed E-state index contributed by atoms with van der Waals surface area (Å²) < 4.78 is 0. The predicted molar refractivity (Wildman–Crippen MR) is 54.8 cm³/mol. The molecule has 1 heterocycles. The summed E-state index contributed by atoms with van der Waals surface area (Å²) in [6.07, 6.45) is 3.41. The van der Waals surface area contributed by atoms with Crippen molar-refractivity contribution in [3.63, 3.8) is 0 Å². The van der Waals surface area contributed by atoms with Crippen molar-refractivity contribution in [2.45, 2.75) is 4.90 Å². The Morgan fingerprint density at radius 2 is 2.36 bits per heavy atom. The third-order valence-corrected chi connectivity index (χ3v) is 2.67. The molecule has 1 aromatic heterocycles.